The van der Waals surface area contributed by atoms with Gasteiger partial charge in [-0.1, -0.05) is 0 Å². The minimum absolute atomic E-state index is 0.0225. The molecule has 2 atom stereocenters. The van der Waals surface area contributed by atoms with E-state index in [1.54, 1.807) is 12.1 Å². The van der Waals surface area contributed by atoms with Crippen LogP contribution in [0.25, 0.3) is 0 Å². The molecule has 1 saturated heterocycles. The number of nitrogens with one attached hydrogen (secondary N) is 1. The van der Waals surface area contributed by atoms with Crippen LogP contribution in [0.4, 0.5) is 11.4 Å². The molecule has 0 bridgehead atoms. The Morgan fingerprint density at radius 3 is 2.55 bits per heavy atom. The molecule has 0 aliphatic carbocycles. The van der Waals surface area contributed by atoms with Gasteiger partial charge in [-0.2, -0.15) is 0 Å². The van der Waals surface area contributed by atoms with E-state index in [2.05, 4.69) is 5.32 Å². The SMILES string of the molecule is COc1ccc(NC2CC(C)OC(C)C2)cc1[N+](=O)[O-]. The Hall–Kier alpha value is -1.82. The fraction of sp³-hybridized carbons (Fsp3) is 0.571. The number of methoxy groups -OCH3 is 1. The maximum absolute atomic E-state index is 11.0. The molecule has 0 saturated carbocycles. The van der Waals surface area contributed by atoms with Gasteiger partial charge in [0.1, 0.15) is 0 Å². The number of nitro benzene ring substituents is 1. The van der Waals surface area contributed by atoms with Crippen LogP contribution < -0.4 is 10.1 Å². The van der Waals surface area contributed by atoms with Gasteiger partial charge in [-0.15, -0.1) is 0 Å². The maximum atomic E-state index is 11.0. The van der Waals surface area contributed by atoms with E-state index in [0.29, 0.717) is 0 Å². The van der Waals surface area contributed by atoms with Gasteiger partial charge in [0.2, 0.25) is 0 Å². The van der Waals surface area contributed by atoms with Gasteiger partial charge in [-0.3, -0.25) is 10.1 Å². The van der Waals surface area contributed by atoms with Crippen LogP contribution in [0.2, 0.25) is 0 Å². The summed E-state index contributed by atoms with van der Waals surface area (Å²) < 4.78 is 10.7. The first-order valence-electron chi connectivity index (χ1n) is 6.74. The molecule has 2 unspecified atom stereocenters. The van der Waals surface area contributed by atoms with Gasteiger partial charge in [-0.05, 0) is 38.8 Å². The van der Waals surface area contributed by atoms with Crippen molar-refractivity contribution in [2.75, 3.05) is 12.4 Å². The Balaban J connectivity index is 2.13. The quantitative estimate of drug-likeness (QED) is 0.678. The number of anilines is 1. The van der Waals surface area contributed by atoms with Crippen LogP contribution in [-0.2, 0) is 4.74 Å². The Morgan fingerprint density at radius 1 is 1.35 bits per heavy atom. The van der Waals surface area contributed by atoms with E-state index < -0.39 is 4.92 Å². The summed E-state index contributed by atoms with van der Waals surface area (Å²) in [5.74, 6) is 0.272. The lowest BCUT2D eigenvalue weighted by molar-refractivity contribution is -0.385. The van der Waals surface area contributed by atoms with Crippen LogP contribution in [0, 0.1) is 10.1 Å². The summed E-state index contributed by atoms with van der Waals surface area (Å²) in [5, 5.41) is 14.4. The molecule has 1 fully saturated rings. The molecule has 2 rings (SSSR count). The van der Waals surface area contributed by atoms with E-state index in [1.807, 2.05) is 13.8 Å². The first kappa shape index (κ1) is 14.6. The summed E-state index contributed by atoms with van der Waals surface area (Å²) in [4.78, 5) is 10.6. The highest BCUT2D eigenvalue weighted by Crippen LogP contribution is 2.31. The smallest absolute Gasteiger partial charge is 0.312 e. The highest BCUT2D eigenvalue weighted by atomic mass is 16.6. The number of hydrogen-bond acceptors (Lipinski definition) is 5. The highest BCUT2D eigenvalue weighted by molar-refractivity contribution is 5.58. The molecule has 6 nitrogen and oxygen atoms in total. The third-order valence-electron chi connectivity index (χ3n) is 3.44. The van der Waals surface area contributed by atoms with Gasteiger partial charge in [0.15, 0.2) is 5.75 Å². The number of hydrogen-bond donors (Lipinski definition) is 1. The first-order valence-corrected chi connectivity index (χ1v) is 6.74. The lowest BCUT2D eigenvalue weighted by Gasteiger charge is -2.33. The summed E-state index contributed by atoms with van der Waals surface area (Å²) in [6, 6.07) is 5.20. The number of rotatable bonds is 4. The van der Waals surface area contributed by atoms with Crippen molar-refractivity contribution < 1.29 is 14.4 Å². The average Bonchev–Trinajstić information content (AvgIpc) is 2.37. The molecule has 6 heteroatoms. The van der Waals surface area contributed by atoms with E-state index in [4.69, 9.17) is 9.47 Å². The monoisotopic (exact) mass is 280 g/mol. The summed E-state index contributed by atoms with van der Waals surface area (Å²) in [7, 11) is 1.43. The molecule has 1 aromatic carbocycles. The average molecular weight is 280 g/mol. The molecule has 1 aliphatic rings. The Labute approximate surface area is 118 Å². The van der Waals surface area contributed by atoms with Crippen molar-refractivity contribution in [1.82, 2.24) is 0 Å². The minimum Gasteiger partial charge on any atom is -0.490 e. The third-order valence-corrected chi connectivity index (χ3v) is 3.44. The van der Waals surface area contributed by atoms with E-state index in [9.17, 15) is 10.1 Å². The van der Waals surface area contributed by atoms with Crippen molar-refractivity contribution >= 4 is 11.4 Å². The Bertz CT molecular complexity index is 482. The topological polar surface area (TPSA) is 73.6 Å². The summed E-state index contributed by atoms with van der Waals surface area (Å²) in [5.41, 5.74) is 0.717. The van der Waals surface area contributed by atoms with Gasteiger partial charge in [-0.25, -0.2) is 0 Å². The van der Waals surface area contributed by atoms with Crippen LogP contribution in [0.3, 0.4) is 0 Å². The fourth-order valence-electron chi connectivity index (χ4n) is 2.68. The number of ether oxygens (including phenoxy) is 2. The minimum atomic E-state index is -0.431. The summed E-state index contributed by atoms with van der Waals surface area (Å²) in [6.45, 7) is 4.08. The van der Waals surface area contributed by atoms with Crippen LogP contribution in [0.1, 0.15) is 26.7 Å². The second kappa shape index (κ2) is 6.09. The predicted molar refractivity (Wildman–Crippen MR) is 76.3 cm³/mol. The molecular formula is C14H20N2O4. The molecule has 1 aliphatic heterocycles. The van der Waals surface area contributed by atoms with E-state index >= 15 is 0 Å². The van der Waals surface area contributed by atoms with E-state index in [-0.39, 0.29) is 29.7 Å². The number of nitrogens with zero attached hydrogens (tertiary/aromatic N) is 1. The van der Waals surface area contributed by atoms with Gasteiger partial charge < -0.3 is 14.8 Å². The Morgan fingerprint density at radius 2 is 2.00 bits per heavy atom. The van der Waals surface area contributed by atoms with Crippen molar-refractivity contribution in [3.05, 3.63) is 28.3 Å². The third kappa shape index (κ3) is 3.39. The van der Waals surface area contributed by atoms with Gasteiger partial charge >= 0.3 is 5.69 Å². The number of nitro groups is 1. The van der Waals surface area contributed by atoms with E-state index in [1.165, 1.54) is 13.2 Å². The van der Waals surface area contributed by atoms with Crippen LogP contribution in [0.5, 0.6) is 5.75 Å². The molecule has 1 N–H and O–H groups in total. The van der Waals surface area contributed by atoms with E-state index in [0.717, 1.165) is 18.5 Å². The van der Waals surface area contributed by atoms with Crippen molar-refractivity contribution in [3.63, 3.8) is 0 Å². The van der Waals surface area contributed by atoms with Gasteiger partial charge in [0.05, 0.1) is 24.2 Å². The van der Waals surface area contributed by atoms with Crippen molar-refractivity contribution in [1.29, 1.82) is 0 Å². The molecule has 0 aromatic heterocycles. The molecule has 0 spiro atoms. The zero-order valence-corrected chi connectivity index (χ0v) is 12.0. The van der Waals surface area contributed by atoms with Crippen LogP contribution in [-0.4, -0.2) is 30.3 Å². The van der Waals surface area contributed by atoms with Crippen molar-refractivity contribution in [2.45, 2.75) is 44.9 Å². The zero-order chi connectivity index (χ0) is 14.7. The number of benzene rings is 1. The predicted octanol–water partition coefficient (Wildman–Crippen LogP) is 2.97. The lowest BCUT2D eigenvalue weighted by atomic mass is 9.99. The molecule has 20 heavy (non-hydrogen) atoms. The Kier molecular flexibility index (Phi) is 4.44. The molecule has 1 aromatic rings. The summed E-state index contributed by atoms with van der Waals surface area (Å²) in [6.07, 6.45) is 2.18. The van der Waals surface area contributed by atoms with Crippen molar-refractivity contribution in [2.24, 2.45) is 0 Å². The fourth-order valence-corrected chi connectivity index (χ4v) is 2.68. The second-order valence-corrected chi connectivity index (χ2v) is 5.21. The van der Waals surface area contributed by atoms with Crippen molar-refractivity contribution in [3.8, 4) is 5.75 Å². The van der Waals surface area contributed by atoms with Gasteiger partial charge in [0.25, 0.3) is 0 Å². The lowest BCUT2D eigenvalue weighted by Crippen LogP contribution is -2.36. The molecule has 0 radical (unpaired) electrons. The van der Waals surface area contributed by atoms with Gasteiger partial charge in [0, 0.05) is 17.8 Å². The standard InChI is InChI=1S/C14H20N2O4/c1-9-6-12(7-10(2)20-9)15-11-4-5-14(19-3)13(8-11)16(17)18/h4-5,8-10,12,15H,6-7H2,1-3H3. The largest absolute Gasteiger partial charge is 0.490 e. The highest BCUT2D eigenvalue weighted by Gasteiger charge is 2.25. The molecule has 110 valence electrons. The van der Waals surface area contributed by atoms with Crippen LogP contribution >= 0.6 is 0 Å². The maximum Gasteiger partial charge on any atom is 0.312 e. The molecule has 1 heterocycles. The van der Waals surface area contributed by atoms with Crippen LogP contribution in [0.15, 0.2) is 18.2 Å². The molecular weight excluding hydrogens is 260 g/mol. The normalized spacial score (nSPS) is 26.1. The molecule has 0 amide bonds. The summed E-state index contributed by atoms with van der Waals surface area (Å²) >= 11 is 0. The second-order valence-electron chi connectivity index (χ2n) is 5.21. The zero-order valence-electron chi connectivity index (χ0n) is 12.0. The first-order chi connectivity index (χ1) is 9.49.